The van der Waals surface area contributed by atoms with Crippen LogP contribution in [0.25, 0.3) is 10.9 Å². The minimum Gasteiger partial charge on any atom is -0.425 e. The van der Waals surface area contributed by atoms with Crippen LogP contribution in [0, 0.1) is 0 Å². The third-order valence-electron chi connectivity index (χ3n) is 2.63. The van der Waals surface area contributed by atoms with E-state index in [0.717, 1.165) is 0 Å². The molecular weight excluding hydrogens is 260 g/mol. The highest BCUT2D eigenvalue weighted by Crippen LogP contribution is 2.16. The number of hydrogen-bond donors (Lipinski definition) is 3. The molecule has 1 heterocycles. The number of benzene rings is 1. The number of pyridine rings is 1. The molecule has 108 valence electrons. The average molecular weight is 278 g/mol. The number of rotatable bonds is 3. The van der Waals surface area contributed by atoms with Crippen LogP contribution in [-0.2, 0) is 4.74 Å². The number of fused-ring (bicyclic) bond motifs is 1. The third kappa shape index (κ3) is 3.09. The van der Waals surface area contributed by atoms with E-state index in [1.165, 1.54) is 0 Å². The Morgan fingerprint density at radius 1 is 1.30 bits per heavy atom. The first kappa shape index (κ1) is 14.4. The number of nitrogens with zero attached hydrogens (tertiary/aromatic N) is 1. The first-order valence-corrected chi connectivity index (χ1v) is 6.24. The van der Waals surface area contributed by atoms with Crippen LogP contribution in [0.4, 0.5) is 5.69 Å². The van der Waals surface area contributed by atoms with Crippen LogP contribution in [0.3, 0.4) is 0 Å². The molecule has 0 aliphatic carbocycles. The summed E-state index contributed by atoms with van der Waals surface area (Å²) in [5.41, 5.74) is -0.765. The largest absolute Gasteiger partial charge is 0.425 e. The molecule has 2 rings (SSSR count). The van der Waals surface area contributed by atoms with Gasteiger partial charge < -0.3 is 20.4 Å². The molecule has 0 spiro atoms. The fraction of sp³-hybridized carbons (Fsp3) is 0.357. The number of para-hydroxylation sites is 1. The van der Waals surface area contributed by atoms with E-state index >= 15 is 0 Å². The Morgan fingerprint density at radius 2 is 1.95 bits per heavy atom. The summed E-state index contributed by atoms with van der Waals surface area (Å²) in [5.74, 6) is 0. The van der Waals surface area contributed by atoms with Gasteiger partial charge in [-0.15, -0.1) is 4.73 Å². The van der Waals surface area contributed by atoms with E-state index in [-0.39, 0.29) is 5.69 Å². The summed E-state index contributed by atoms with van der Waals surface area (Å²) in [6, 6.07) is 8.45. The number of aliphatic hydroxyl groups is 1. The maximum atomic E-state index is 12.0. The molecule has 3 N–H and O–H groups in total. The SMILES string of the molecule is CC(C)(C)OC(O)Nc1cc2ccccc2n(O)c1=O. The van der Waals surface area contributed by atoms with Crippen molar-refractivity contribution >= 4 is 16.6 Å². The predicted octanol–water partition coefficient (Wildman–Crippen LogP) is 1.74. The number of ether oxygens (including phenoxy) is 1. The zero-order valence-electron chi connectivity index (χ0n) is 11.6. The van der Waals surface area contributed by atoms with Gasteiger partial charge in [-0.1, -0.05) is 18.2 Å². The standard InChI is InChI=1S/C14H18N2O4/c1-14(2,3)20-13(18)15-10-8-9-6-4-5-7-11(9)16(19)12(10)17/h4-8,13,15,18-19H,1-3H3. The van der Waals surface area contributed by atoms with Crippen molar-refractivity contribution in [3.63, 3.8) is 0 Å². The zero-order chi connectivity index (χ0) is 14.9. The number of nitrogens with one attached hydrogen (secondary N) is 1. The van der Waals surface area contributed by atoms with Crippen molar-refractivity contribution in [2.45, 2.75) is 32.8 Å². The van der Waals surface area contributed by atoms with Gasteiger partial charge >= 0.3 is 5.56 Å². The highest BCUT2D eigenvalue weighted by Gasteiger charge is 2.18. The van der Waals surface area contributed by atoms with Crippen molar-refractivity contribution < 1.29 is 15.1 Å². The fourth-order valence-corrected chi connectivity index (χ4v) is 1.84. The lowest BCUT2D eigenvalue weighted by Gasteiger charge is -2.24. The molecule has 2 aromatic rings. The number of hydrogen-bond acceptors (Lipinski definition) is 5. The summed E-state index contributed by atoms with van der Waals surface area (Å²) in [6.07, 6.45) is -1.34. The average Bonchev–Trinajstić information content (AvgIpc) is 2.33. The van der Waals surface area contributed by atoms with Gasteiger partial charge in [0.2, 0.25) is 6.41 Å². The van der Waals surface area contributed by atoms with Crippen molar-refractivity contribution in [1.29, 1.82) is 0 Å². The first-order chi connectivity index (χ1) is 9.28. The van der Waals surface area contributed by atoms with Crippen LogP contribution in [0.5, 0.6) is 0 Å². The molecule has 20 heavy (non-hydrogen) atoms. The Hall–Kier alpha value is -2.05. The molecule has 6 nitrogen and oxygen atoms in total. The molecule has 0 aliphatic heterocycles. The second kappa shape index (κ2) is 5.15. The second-order valence-electron chi connectivity index (χ2n) is 5.46. The lowest BCUT2D eigenvalue weighted by Crippen LogP contribution is -2.35. The first-order valence-electron chi connectivity index (χ1n) is 6.24. The van der Waals surface area contributed by atoms with Gasteiger partial charge in [0, 0.05) is 5.39 Å². The van der Waals surface area contributed by atoms with E-state index in [1.54, 1.807) is 51.1 Å². The highest BCUT2D eigenvalue weighted by atomic mass is 16.6. The Bertz CT molecular complexity index is 673. The van der Waals surface area contributed by atoms with Crippen LogP contribution >= 0.6 is 0 Å². The smallest absolute Gasteiger partial charge is 0.306 e. The Labute approximate surface area is 116 Å². The zero-order valence-corrected chi connectivity index (χ0v) is 11.6. The number of aromatic nitrogens is 1. The van der Waals surface area contributed by atoms with Crippen molar-refractivity contribution in [3.05, 3.63) is 40.7 Å². The summed E-state index contributed by atoms with van der Waals surface area (Å²) in [6.45, 7) is 5.34. The van der Waals surface area contributed by atoms with Crippen LogP contribution in [0.1, 0.15) is 20.8 Å². The highest BCUT2D eigenvalue weighted by molar-refractivity contribution is 5.81. The minimum atomic E-state index is -1.34. The summed E-state index contributed by atoms with van der Waals surface area (Å²) in [5, 5.41) is 22.8. The Balaban J connectivity index is 2.36. The summed E-state index contributed by atoms with van der Waals surface area (Å²) in [7, 11) is 0. The fourth-order valence-electron chi connectivity index (χ4n) is 1.84. The molecule has 1 aromatic carbocycles. The van der Waals surface area contributed by atoms with Crippen molar-refractivity contribution in [2.75, 3.05) is 5.32 Å². The summed E-state index contributed by atoms with van der Waals surface area (Å²) in [4.78, 5) is 12.0. The molecule has 1 aromatic heterocycles. The Kier molecular flexibility index (Phi) is 3.69. The molecule has 0 amide bonds. The van der Waals surface area contributed by atoms with Crippen molar-refractivity contribution in [3.8, 4) is 0 Å². The normalized spacial score (nSPS) is 13.4. The van der Waals surface area contributed by atoms with Crippen LogP contribution < -0.4 is 10.9 Å². The lowest BCUT2D eigenvalue weighted by atomic mass is 10.2. The molecule has 0 saturated heterocycles. The molecule has 0 fully saturated rings. The van der Waals surface area contributed by atoms with Gasteiger partial charge in [-0.05, 0) is 32.9 Å². The van der Waals surface area contributed by atoms with Gasteiger partial charge in [-0.25, -0.2) is 0 Å². The number of anilines is 1. The van der Waals surface area contributed by atoms with Crippen LogP contribution in [0.15, 0.2) is 35.1 Å². The van der Waals surface area contributed by atoms with E-state index in [0.29, 0.717) is 15.6 Å². The molecule has 6 heteroatoms. The molecule has 0 aliphatic rings. The van der Waals surface area contributed by atoms with Crippen molar-refractivity contribution in [1.82, 2.24) is 4.73 Å². The van der Waals surface area contributed by atoms with E-state index < -0.39 is 17.6 Å². The van der Waals surface area contributed by atoms with Crippen molar-refractivity contribution in [2.24, 2.45) is 0 Å². The van der Waals surface area contributed by atoms with Crippen LogP contribution in [-0.4, -0.2) is 27.1 Å². The quantitative estimate of drug-likeness (QED) is 0.588. The summed E-state index contributed by atoms with van der Waals surface area (Å²) < 4.78 is 5.81. The van der Waals surface area contributed by atoms with Gasteiger partial charge in [0.25, 0.3) is 0 Å². The van der Waals surface area contributed by atoms with Gasteiger partial charge in [-0.2, -0.15) is 0 Å². The topological polar surface area (TPSA) is 83.7 Å². The van der Waals surface area contributed by atoms with Crippen LogP contribution in [0.2, 0.25) is 0 Å². The van der Waals surface area contributed by atoms with E-state index in [2.05, 4.69) is 5.32 Å². The molecule has 1 unspecified atom stereocenters. The monoisotopic (exact) mass is 278 g/mol. The summed E-state index contributed by atoms with van der Waals surface area (Å²) >= 11 is 0. The van der Waals surface area contributed by atoms with E-state index in [4.69, 9.17) is 4.74 Å². The van der Waals surface area contributed by atoms with E-state index in [1.807, 2.05) is 0 Å². The Morgan fingerprint density at radius 3 is 2.60 bits per heavy atom. The molecule has 0 saturated carbocycles. The third-order valence-corrected chi connectivity index (χ3v) is 2.63. The molecule has 1 atom stereocenters. The van der Waals surface area contributed by atoms with E-state index in [9.17, 15) is 15.1 Å². The minimum absolute atomic E-state index is 0.0583. The number of aliphatic hydroxyl groups excluding tert-OH is 1. The predicted molar refractivity (Wildman–Crippen MR) is 75.9 cm³/mol. The lowest BCUT2D eigenvalue weighted by molar-refractivity contribution is -0.148. The second-order valence-corrected chi connectivity index (χ2v) is 5.46. The molecular formula is C14H18N2O4. The molecule has 0 radical (unpaired) electrons. The maximum Gasteiger partial charge on any atom is 0.306 e. The van der Waals surface area contributed by atoms with Gasteiger partial charge in [0.05, 0.1) is 11.1 Å². The van der Waals surface area contributed by atoms with Gasteiger partial charge in [0.1, 0.15) is 5.69 Å². The molecule has 0 bridgehead atoms. The van der Waals surface area contributed by atoms with Gasteiger partial charge in [-0.3, -0.25) is 4.79 Å². The van der Waals surface area contributed by atoms with Gasteiger partial charge in [0.15, 0.2) is 0 Å². The maximum absolute atomic E-state index is 12.0.